The highest BCUT2D eigenvalue weighted by molar-refractivity contribution is 5.93. The topological polar surface area (TPSA) is 115 Å². The molecule has 2 atom stereocenters. The van der Waals surface area contributed by atoms with Crippen molar-refractivity contribution in [1.82, 2.24) is 10.3 Å². The summed E-state index contributed by atoms with van der Waals surface area (Å²) in [6.07, 6.45) is 4.33. The summed E-state index contributed by atoms with van der Waals surface area (Å²) >= 11 is 0. The molecule has 0 bridgehead atoms. The zero-order valence-electron chi connectivity index (χ0n) is 11.7. The number of nitrogens with zero attached hydrogens (tertiary/aromatic N) is 3. The van der Waals surface area contributed by atoms with Crippen LogP contribution in [-0.2, 0) is 0 Å². The molecule has 0 aromatic carbocycles. The summed E-state index contributed by atoms with van der Waals surface area (Å²) in [6.45, 7) is 2.94. The van der Waals surface area contributed by atoms with Crippen LogP contribution in [0.1, 0.15) is 24.2 Å². The second kappa shape index (κ2) is 7.83. The number of carbonyl (C=O) groups excluding carboxylic acids is 1. The van der Waals surface area contributed by atoms with Gasteiger partial charge in [0.1, 0.15) is 6.04 Å². The van der Waals surface area contributed by atoms with Crippen molar-refractivity contribution >= 4 is 5.91 Å². The van der Waals surface area contributed by atoms with Gasteiger partial charge < -0.3 is 5.32 Å². The summed E-state index contributed by atoms with van der Waals surface area (Å²) in [7, 11) is 0. The summed E-state index contributed by atoms with van der Waals surface area (Å²) in [4.78, 5) is 36.5. The molecule has 0 aliphatic heterocycles. The van der Waals surface area contributed by atoms with Crippen LogP contribution in [0.4, 0.5) is 0 Å². The first-order valence-corrected chi connectivity index (χ1v) is 6.28. The van der Waals surface area contributed by atoms with E-state index in [4.69, 9.17) is 0 Å². The molecule has 1 amide bonds. The van der Waals surface area contributed by atoms with Gasteiger partial charge in [-0.3, -0.25) is 19.9 Å². The van der Waals surface area contributed by atoms with Gasteiger partial charge >= 0.3 is 0 Å². The molecule has 1 heterocycles. The molecule has 0 saturated heterocycles. The van der Waals surface area contributed by atoms with Gasteiger partial charge in [0.05, 0.1) is 5.56 Å². The van der Waals surface area contributed by atoms with Crippen molar-refractivity contribution in [3.63, 3.8) is 0 Å². The second-order valence-corrected chi connectivity index (χ2v) is 4.50. The van der Waals surface area contributed by atoms with Crippen LogP contribution in [0.25, 0.3) is 0 Å². The summed E-state index contributed by atoms with van der Waals surface area (Å²) in [5.74, 6) is -0.384. The Morgan fingerprint density at radius 3 is 2.86 bits per heavy atom. The number of nitrogens with one attached hydrogen (secondary N) is 1. The van der Waals surface area contributed by atoms with Crippen molar-refractivity contribution in [2.75, 3.05) is 6.54 Å². The van der Waals surface area contributed by atoms with Crippen LogP contribution in [0.15, 0.2) is 41.4 Å². The monoisotopic (exact) mass is 292 g/mol. The minimum absolute atomic E-state index is 0.0288. The molecule has 1 rings (SSSR count). The predicted octanol–water partition coefficient (Wildman–Crippen LogP) is 1.56. The highest BCUT2D eigenvalue weighted by Gasteiger charge is 2.18. The Bertz CT molecular complexity index is 544. The lowest BCUT2D eigenvalue weighted by atomic mass is 10.1. The molecule has 0 fully saturated rings. The zero-order chi connectivity index (χ0) is 15.8. The average molecular weight is 292 g/mol. The van der Waals surface area contributed by atoms with E-state index in [1.165, 1.54) is 25.4 Å². The molecule has 1 aromatic rings. The molecule has 8 heteroatoms. The van der Waals surface area contributed by atoms with Gasteiger partial charge in [0, 0.05) is 30.8 Å². The van der Waals surface area contributed by atoms with Gasteiger partial charge in [-0.15, -0.1) is 0 Å². The molecule has 0 aliphatic carbocycles. The lowest BCUT2D eigenvalue weighted by molar-refractivity contribution is -0.507. The van der Waals surface area contributed by atoms with Gasteiger partial charge in [-0.2, -0.15) is 4.91 Å². The maximum atomic E-state index is 11.8. The largest absolute Gasteiger partial charge is 0.349 e. The first-order chi connectivity index (χ1) is 9.95. The Morgan fingerprint density at radius 1 is 1.62 bits per heavy atom. The van der Waals surface area contributed by atoms with Crippen LogP contribution in [-0.4, -0.2) is 34.4 Å². The Kier molecular flexibility index (Phi) is 6.12. The van der Waals surface area contributed by atoms with Crippen molar-refractivity contribution in [1.29, 1.82) is 0 Å². The lowest BCUT2D eigenvalue weighted by Gasteiger charge is -2.09. The van der Waals surface area contributed by atoms with E-state index in [-0.39, 0.29) is 12.5 Å². The van der Waals surface area contributed by atoms with E-state index in [1.807, 2.05) is 0 Å². The summed E-state index contributed by atoms with van der Waals surface area (Å²) in [6, 6.07) is 1.45. The first-order valence-electron chi connectivity index (χ1n) is 6.28. The maximum absolute atomic E-state index is 11.8. The molecule has 2 unspecified atom stereocenters. The number of hydrogen-bond acceptors (Lipinski definition) is 6. The SMILES string of the molecule is CC(=CC(CNC(=O)c1cccnc1)N=O)C(C)[N+](=O)[O-]. The number of hydrogen-bond donors (Lipinski definition) is 1. The third-order valence-corrected chi connectivity index (χ3v) is 2.96. The normalized spacial score (nSPS) is 14.1. The minimum atomic E-state index is -0.900. The van der Waals surface area contributed by atoms with Crippen LogP contribution < -0.4 is 5.32 Å². The summed E-state index contributed by atoms with van der Waals surface area (Å²) in [5.41, 5.74) is 0.779. The molecule has 0 radical (unpaired) electrons. The second-order valence-electron chi connectivity index (χ2n) is 4.50. The highest BCUT2D eigenvalue weighted by atomic mass is 16.6. The quantitative estimate of drug-likeness (QED) is 0.354. The number of nitro groups is 1. The molecule has 1 aromatic heterocycles. The molecule has 8 nitrogen and oxygen atoms in total. The van der Waals surface area contributed by atoms with Gasteiger partial charge in [0.25, 0.3) is 5.91 Å². The Labute approximate surface area is 121 Å². The molecule has 21 heavy (non-hydrogen) atoms. The fraction of sp³-hybridized carbons (Fsp3) is 0.385. The van der Waals surface area contributed by atoms with Gasteiger partial charge in [-0.25, -0.2) is 0 Å². The highest BCUT2D eigenvalue weighted by Crippen LogP contribution is 2.07. The summed E-state index contributed by atoms with van der Waals surface area (Å²) < 4.78 is 0. The third kappa shape index (κ3) is 5.09. The van der Waals surface area contributed by atoms with Crippen LogP contribution in [0.2, 0.25) is 0 Å². The van der Waals surface area contributed by atoms with Crippen molar-refractivity contribution in [3.8, 4) is 0 Å². The standard InChI is InChI=1S/C13H16N4O4/c1-9(10(2)17(20)21)6-12(16-19)8-15-13(18)11-4-3-5-14-7-11/h3-7,10,12H,8H2,1-2H3,(H,15,18). The van der Waals surface area contributed by atoms with Gasteiger partial charge in [-0.05, 0) is 30.7 Å². The third-order valence-electron chi connectivity index (χ3n) is 2.96. The van der Waals surface area contributed by atoms with E-state index in [0.29, 0.717) is 11.1 Å². The van der Waals surface area contributed by atoms with Crippen molar-refractivity contribution in [2.24, 2.45) is 5.18 Å². The van der Waals surface area contributed by atoms with Crippen molar-refractivity contribution < 1.29 is 9.72 Å². The van der Waals surface area contributed by atoms with Gasteiger partial charge in [0.2, 0.25) is 6.04 Å². The Morgan fingerprint density at radius 2 is 2.33 bits per heavy atom. The van der Waals surface area contributed by atoms with Gasteiger partial charge in [0.15, 0.2) is 0 Å². The van der Waals surface area contributed by atoms with E-state index in [9.17, 15) is 19.8 Å². The molecule has 112 valence electrons. The van der Waals surface area contributed by atoms with E-state index >= 15 is 0 Å². The van der Waals surface area contributed by atoms with E-state index in [0.717, 1.165) is 0 Å². The lowest BCUT2D eigenvalue weighted by Crippen LogP contribution is -2.31. The van der Waals surface area contributed by atoms with Crippen LogP contribution in [0, 0.1) is 15.0 Å². The maximum Gasteiger partial charge on any atom is 0.252 e. The molecule has 1 N–H and O–H groups in total. The number of pyridine rings is 1. The molecule has 0 spiro atoms. The van der Waals surface area contributed by atoms with Crippen LogP contribution in [0.3, 0.4) is 0 Å². The fourth-order valence-corrected chi connectivity index (χ4v) is 1.53. The first kappa shape index (κ1) is 16.4. The molecule has 0 aliphatic rings. The summed E-state index contributed by atoms with van der Waals surface area (Å²) in [5, 5.41) is 16.0. The Hall–Kier alpha value is -2.64. The van der Waals surface area contributed by atoms with Crippen LogP contribution in [0.5, 0.6) is 0 Å². The van der Waals surface area contributed by atoms with Crippen molar-refractivity contribution in [3.05, 3.63) is 56.8 Å². The molecular weight excluding hydrogens is 276 g/mol. The predicted molar refractivity (Wildman–Crippen MR) is 76.4 cm³/mol. The molecule has 0 saturated carbocycles. The number of nitroso groups, excluding NO2 is 1. The van der Waals surface area contributed by atoms with Crippen molar-refractivity contribution in [2.45, 2.75) is 25.9 Å². The average Bonchev–Trinajstić information content (AvgIpc) is 2.50. The van der Waals surface area contributed by atoms with E-state index < -0.39 is 17.0 Å². The minimum Gasteiger partial charge on any atom is -0.349 e. The fourth-order valence-electron chi connectivity index (χ4n) is 1.53. The molecular formula is C13H16N4O4. The number of aromatic nitrogens is 1. The van der Waals surface area contributed by atoms with Gasteiger partial charge in [-0.1, -0.05) is 5.18 Å². The zero-order valence-corrected chi connectivity index (χ0v) is 11.7. The van der Waals surface area contributed by atoms with E-state index in [1.54, 1.807) is 19.1 Å². The van der Waals surface area contributed by atoms with E-state index in [2.05, 4.69) is 15.5 Å². The number of carbonyl (C=O) groups is 1. The smallest absolute Gasteiger partial charge is 0.252 e. The van der Waals surface area contributed by atoms with Crippen LogP contribution >= 0.6 is 0 Å². The Balaban J connectivity index is 2.63. The number of rotatable bonds is 7. The number of amides is 1.